The highest BCUT2D eigenvalue weighted by atomic mass is 79.9. The van der Waals surface area contributed by atoms with Gasteiger partial charge in [-0.1, -0.05) is 66.4 Å². The Bertz CT molecular complexity index is 716. The number of nitrogens with zero attached hydrogens (tertiary/aromatic N) is 1. The first kappa shape index (κ1) is 25.2. The van der Waals surface area contributed by atoms with Crippen molar-refractivity contribution in [2.24, 2.45) is 0 Å². The summed E-state index contributed by atoms with van der Waals surface area (Å²) in [6, 6.07) is 14.0. The average Bonchev–Trinajstić information content (AvgIpc) is 2.75. The number of hydrogen-bond donors (Lipinski definition) is 1. The molecular formula is C25H36BrClN2O. The van der Waals surface area contributed by atoms with Gasteiger partial charge in [0.15, 0.2) is 0 Å². The first-order valence-corrected chi connectivity index (χ1v) is 12.4. The van der Waals surface area contributed by atoms with Gasteiger partial charge < -0.3 is 15.0 Å². The Morgan fingerprint density at radius 1 is 0.933 bits per heavy atom. The molecule has 0 aliphatic carbocycles. The quantitative estimate of drug-likeness (QED) is 0.268. The number of hydrogen-bond acceptors (Lipinski definition) is 3. The summed E-state index contributed by atoms with van der Waals surface area (Å²) in [5.74, 6) is 0.924. The van der Waals surface area contributed by atoms with Crippen molar-refractivity contribution in [1.82, 2.24) is 10.2 Å². The second-order valence-corrected chi connectivity index (χ2v) is 9.10. The maximum absolute atomic E-state index is 6.09. The van der Waals surface area contributed by atoms with E-state index in [1.807, 2.05) is 36.4 Å². The summed E-state index contributed by atoms with van der Waals surface area (Å²) >= 11 is 9.55. The fourth-order valence-corrected chi connectivity index (χ4v) is 3.85. The highest BCUT2D eigenvalue weighted by Gasteiger charge is 2.07. The molecule has 30 heavy (non-hydrogen) atoms. The molecular weight excluding hydrogens is 460 g/mol. The molecule has 0 aromatic heterocycles. The van der Waals surface area contributed by atoms with Crippen molar-refractivity contribution in [3.63, 3.8) is 0 Å². The largest absolute Gasteiger partial charge is 0.489 e. The molecule has 2 rings (SSSR count). The molecule has 0 spiro atoms. The van der Waals surface area contributed by atoms with Gasteiger partial charge in [-0.25, -0.2) is 0 Å². The van der Waals surface area contributed by atoms with Gasteiger partial charge >= 0.3 is 0 Å². The van der Waals surface area contributed by atoms with Gasteiger partial charge in [0.2, 0.25) is 0 Å². The molecule has 0 bridgehead atoms. The van der Waals surface area contributed by atoms with Gasteiger partial charge in [-0.2, -0.15) is 0 Å². The Balaban J connectivity index is 1.79. The van der Waals surface area contributed by atoms with Crippen molar-refractivity contribution in [2.45, 2.75) is 59.1 Å². The van der Waals surface area contributed by atoms with E-state index in [0.29, 0.717) is 6.61 Å². The molecule has 0 heterocycles. The zero-order chi connectivity index (χ0) is 21.6. The molecule has 0 fully saturated rings. The van der Waals surface area contributed by atoms with Crippen LogP contribution in [0, 0.1) is 0 Å². The Hall–Kier alpha value is -1.07. The SMILES string of the molecule is CCCCN(CCCC)CCCNCc1cc(Br)ccc1OCc1ccc(Cl)cc1. The van der Waals surface area contributed by atoms with Crippen LogP contribution in [0.1, 0.15) is 57.1 Å². The lowest BCUT2D eigenvalue weighted by Crippen LogP contribution is -2.29. The molecule has 5 heteroatoms. The number of rotatable bonds is 15. The summed E-state index contributed by atoms with van der Waals surface area (Å²) in [6.45, 7) is 10.5. The van der Waals surface area contributed by atoms with Gasteiger partial charge in [0.05, 0.1) is 0 Å². The van der Waals surface area contributed by atoms with Crippen molar-refractivity contribution in [3.05, 3.63) is 63.1 Å². The van der Waals surface area contributed by atoms with Gasteiger partial charge in [0.1, 0.15) is 12.4 Å². The average molecular weight is 496 g/mol. The highest BCUT2D eigenvalue weighted by molar-refractivity contribution is 9.10. The molecule has 3 nitrogen and oxygen atoms in total. The van der Waals surface area contributed by atoms with Crippen molar-refractivity contribution >= 4 is 27.5 Å². The number of unbranched alkanes of at least 4 members (excludes halogenated alkanes) is 2. The van der Waals surface area contributed by atoms with Crippen molar-refractivity contribution in [3.8, 4) is 5.75 Å². The molecule has 0 atom stereocenters. The molecule has 166 valence electrons. The summed E-state index contributed by atoms with van der Waals surface area (Å²) in [5.41, 5.74) is 2.28. The third-order valence-electron chi connectivity index (χ3n) is 5.13. The maximum Gasteiger partial charge on any atom is 0.124 e. The molecule has 0 amide bonds. The van der Waals surface area contributed by atoms with E-state index >= 15 is 0 Å². The lowest BCUT2D eigenvalue weighted by Gasteiger charge is -2.22. The Morgan fingerprint density at radius 3 is 2.27 bits per heavy atom. The minimum atomic E-state index is 0.537. The monoisotopic (exact) mass is 494 g/mol. The smallest absolute Gasteiger partial charge is 0.124 e. The van der Waals surface area contributed by atoms with Crippen LogP contribution in [0.4, 0.5) is 0 Å². The Morgan fingerprint density at radius 2 is 1.60 bits per heavy atom. The van der Waals surface area contributed by atoms with Crippen LogP contribution < -0.4 is 10.1 Å². The normalized spacial score (nSPS) is 11.2. The first-order valence-electron chi connectivity index (χ1n) is 11.2. The van der Waals surface area contributed by atoms with E-state index in [0.717, 1.165) is 33.9 Å². The predicted molar refractivity (Wildman–Crippen MR) is 133 cm³/mol. The summed E-state index contributed by atoms with van der Waals surface area (Å²) in [4.78, 5) is 2.62. The molecule has 0 saturated carbocycles. The molecule has 2 aromatic carbocycles. The van der Waals surface area contributed by atoms with E-state index in [-0.39, 0.29) is 0 Å². The summed E-state index contributed by atoms with van der Waals surface area (Å²) in [5, 5.41) is 4.34. The number of halogens is 2. The van der Waals surface area contributed by atoms with Crippen LogP contribution in [0.25, 0.3) is 0 Å². The topological polar surface area (TPSA) is 24.5 Å². The van der Waals surface area contributed by atoms with Crippen LogP contribution in [-0.4, -0.2) is 31.1 Å². The Kier molecular flexibility index (Phi) is 12.5. The first-order chi connectivity index (χ1) is 14.6. The minimum Gasteiger partial charge on any atom is -0.489 e. The molecule has 0 radical (unpaired) electrons. The third kappa shape index (κ3) is 9.82. The van der Waals surface area contributed by atoms with E-state index in [4.69, 9.17) is 16.3 Å². The van der Waals surface area contributed by atoms with Crippen LogP contribution in [0.5, 0.6) is 5.75 Å². The molecule has 1 N–H and O–H groups in total. The highest BCUT2D eigenvalue weighted by Crippen LogP contribution is 2.24. The van der Waals surface area contributed by atoms with Crippen molar-refractivity contribution in [2.75, 3.05) is 26.2 Å². The molecule has 0 unspecified atom stereocenters. The maximum atomic E-state index is 6.09. The van der Waals surface area contributed by atoms with E-state index in [9.17, 15) is 0 Å². The molecule has 2 aromatic rings. The van der Waals surface area contributed by atoms with E-state index < -0.39 is 0 Å². The van der Waals surface area contributed by atoms with Crippen molar-refractivity contribution in [1.29, 1.82) is 0 Å². The standard InChI is InChI=1S/C25H36BrClN2O/c1-3-5-15-29(16-6-4-2)17-7-14-28-19-22-18-23(26)10-13-25(22)30-20-21-8-11-24(27)12-9-21/h8-13,18,28H,3-7,14-17,19-20H2,1-2H3. The van der Waals surface area contributed by atoms with E-state index in [2.05, 4.69) is 46.1 Å². The van der Waals surface area contributed by atoms with Gasteiger partial charge in [-0.3, -0.25) is 0 Å². The van der Waals surface area contributed by atoms with Gasteiger partial charge in [-0.05, 0) is 81.3 Å². The van der Waals surface area contributed by atoms with Gasteiger partial charge in [0.25, 0.3) is 0 Å². The van der Waals surface area contributed by atoms with Crippen LogP contribution >= 0.6 is 27.5 Å². The number of benzene rings is 2. The number of nitrogens with one attached hydrogen (secondary N) is 1. The minimum absolute atomic E-state index is 0.537. The van der Waals surface area contributed by atoms with Crippen LogP contribution in [0.2, 0.25) is 5.02 Å². The van der Waals surface area contributed by atoms with Crippen LogP contribution in [0.3, 0.4) is 0 Å². The molecule has 0 aliphatic heterocycles. The predicted octanol–water partition coefficient (Wildman–Crippen LogP) is 7.06. The second kappa shape index (κ2) is 14.9. The van der Waals surface area contributed by atoms with E-state index in [1.165, 1.54) is 57.3 Å². The summed E-state index contributed by atoms with van der Waals surface area (Å²) in [7, 11) is 0. The Labute approximate surface area is 196 Å². The second-order valence-electron chi connectivity index (χ2n) is 7.75. The lowest BCUT2D eigenvalue weighted by molar-refractivity contribution is 0.260. The summed E-state index contributed by atoms with van der Waals surface area (Å²) in [6.07, 6.45) is 6.29. The molecule has 0 aliphatic rings. The third-order valence-corrected chi connectivity index (χ3v) is 5.87. The summed E-state index contributed by atoms with van der Waals surface area (Å²) < 4.78 is 7.16. The lowest BCUT2D eigenvalue weighted by atomic mass is 10.2. The van der Waals surface area contributed by atoms with Gasteiger partial charge in [0, 0.05) is 21.6 Å². The van der Waals surface area contributed by atoms with Crippen molar-refractivity contribution < 1.29 is 4.74 Å². The fraction of sp³-hybridized carbons (Fsp3) is 0.520. The van der Waals surface area contributed by atoms with Crippen LogP contribution in [-0.2, 0) is 13.2 Å². The zero-order valence-corrected chi connectivity index (χ0v) is 20.8. The van der Waals surface area contributed by atoms with Gasteiger partial charge in [-0.15, -0.1) is 0 Å². The zero-order valence-electron chi connectivity index (χ0n) is 18.4. The van der Waals surface area contributed by atoms with Crippen LogP contribution in [0.15, 0.2) is 46.9 Å². The fourth-order valence-electron chi connectivity index (χ4n) is 3.32. The molecule has 0 saturated heterocycles. The number of ether oxygens (including phenoxy) is 1. The van der Waals surface area contributed by atoms with E-state index in [1.54, 1.807) is 0 Å².